The van der Waals surface area contributed by atoms with Gasteiger partial charge < -0.3 is 49.3 Å². The highest BCUT2D eigenvalue weighted by molar-refractivity contribution is 7.86. The largest absolute Gasteiger partial charge is 0.493 e. The standard InChI is InChI=1S/C35H49F2N4O11PS/c1-49-29-14-24-26(38-18-23-12-21(36)19-40(23)34(24)43)16-31(29)51-7-4-10-53(45,9-3-6-42)11-5-8-52-32-17-27-25(15-30(32)50-2)35(44)41-20-22(37)13-28(41)33(39-27)54(46,47)48/h14-17,21-23,28,33-34,38-39,42-43H,3-13,18-20H2,1-2H3,(H,46,47,48)/t21?,22?,23-,28-,33?,34?,53?/m0/s1. The van der Waals surface area contributed by atoms with Crippen molar-refractivity contribution < 1.29 is 60.3 Å². The van der Waals surface area contributed by atoms with Gasteiger partial charge in [0.1, 0.15) is 18.6 Å². The van der Waals surface area contributed by atoms with Crippen molar-refractivity contribution >= 4 is 34.5 Å². The Morgan fingerprint density at radius 2 is 1.50 bits per heavy atom. The van der Waals surface area contributed by atoms with Crippen LogP contribution in [0.1, 0.15) is 54.3 Å². The summed E-state index contributed by atoms with van der Waals surface area (Å²) in [6.07, 6.45) is -1.19. The van der Waals surface area contributed by atoms with Gasteiger partial charge in [0.25, 0.3) is 16.0 Å². The number of carbonyl (C=O) groups is 1. The van der Waals surface area contributed by atoms with Crippen LogP contribution in [0, 0.1) is 0 Å². The summed E-state index contributed by atoms with van der Waals surface area (Å²) < 4.78 is 100. The monoisotopic (exact) mass is 802 g/mol. The van der Waals surface area contributed by atoms with Crippen LogP contribution >= 0.6 is 7.14 Å². The predicted octanol–water partition coefficient (Wildman–Crippen LogP) is 3.71. The highest BCUT2D eigenvalue weighted by Gasteiger charge is 2.48. The molecule has 2 fully saturated rings. The van der Waals surface area contributed by atoms with Crippen LogP contribution in [-0.2, 0) is 14.7 Å². The number of carbonyl (C=O) groups excluding carboxylic acids is 1. The Hall–Kier alpha value is -3.41. The Bertz CT molecular complexity index is 1840. The summed E-state index contributed by atoms with van der Waals surface area (Å²) in [5, 5.41) is 24.9. The van der Waals surface area contributed by atoms with Crippen LogP contribution in [0.15, 0.2) is 24.3 Å². The van der Waals surface area contributed by atoms with E-state index < -0.39 is 53.2 Å². The molecule has 7 atom stereocenters. The van der Waals surface area contributed by atoms with Gasteiger partial charge in [0.2, 0.25) is 0 Å². The average Bonchev–Trinajstić information content (AvgIpc) is 3.66. The summed E-state index contributed by atoms with van der Waals surface area (Å²) in [4.78, 5) is 16.2. The maximum absolute atomic E-state index is 14.3. The van der Waals surface area contributed by atoms with Gasteiger partial charge in [-0.2, -0.15) is 8.42 Å². The van der Waals surface area contributed by atoms with Gasteiger partial charge >= 0.3 is 0 Å². The molecule has 0 bridgehead atoms. The first-order chi connectivity index (χ1) is 25.7. The van der Waals surface area contributed by atoms with Crippen molar-refractivity contribution in [3.8, 4) is 23.0 Å². The van der Waals surface area contributed by atoms with E-state index >= 15 is 0 Å². The third-order valence-electron chi connectivity index (χ3n) is 10.6. The van der Waals surface area contributed by atoms with Crippen LogP contribution in [0.2, 0.25) is 0 Å². The van der Waals surface area contributed by atoms with E-state index in [4.69, 9.17) is 18.9 Å². The van der Waals surface area contributed by atoms with Crippen LogP contribution < -0.4 is 29.6 Å². The molecule has 4 aliphatic heterocycles. The van der Waals surface area contributed by atoms with E-state index in [0.717, 1.165) is 4.90 Å². The minimum absolute atomic E-state index is 0.0362. The van der Waals surface area contributed by atoms with Crippen molar-refractivity contribution in [2.75, 3.05) is 82.8 Å². The van der Waals surface area contributed by atoms with Crippen molar-refractivity contribution in [1.82, 2.24) is 9.80 Å². The van der Waals surface area contributed by atoms with Gasteiger partial charge in [0, 0.05) is 74.0 Å². The van der Waals surface area contributed by atoms with Crippen molar-refractivity contribution in [3.05, 3.63) is 35.4 Å². The van der Waals surface area contributed by atoms with E-state index in [1.807, 2.05) is 0 Å². The number of rotatable bonds is 16. The van der Waals surface area contributed by atoms with Gasteiger partial charge in [-0.1, -0.05) is 0 Å². The van der Waals surface area contributed by atoms with E-state index in [1.165, 1.54) is 26.4 Å². The first kappa shape index (κ1) is 40.3. The summed E-state index contributed by atoms with van der Waals surface area (Å²) >= 11 is 0. The van der Waals surface area contributed by atoms with Crippen LogP contribution in [0.3, 0.4) is 0 Å². The second-order valence-corrected chi connectivity index (χ2v) is 19.2. The summed E-state index contributed by atoms with van der Waals surface area (Å²) in [6, 6.07) is 4.95. The molecule has 2 aromatic rings. The molecule has 2 aromatic carbocycles. The van der Waals surface area contributed by atoms with E-state index in [0.29, 0.717) is 73.5 Å². The Kier molecular flexibility index (Phi) is 12.5. The Balaban J connectivity index is 1.07. The maximum atomic E-state index is 14.3. The molecule has 54 heavy (non-hydrogen) atoms. The molecule has 0 saturated carbocycles. The number of hydrogen-bond donors (Lipinski definition) is 5. The Labute approximate surface area is 313 Å². The number of amides is 1. The number of anilines is 2. The maximum Gasteiger partial charge on any atom is 0.288 e. The number of methoxy groups -OCH3 is 2. The number of alkyl halides is 2. The van der Waals surface area contributed by atoms with Crippen LogP contribution in [0.25, 0.3) is 0 Å². The first-order valence-electron chi connectivity index (χ1n) is 18.1. The number of hydrogen-bond acceptors (Lipinski definition) is 13. The van der Waals surface area contributed by atoms with Gasteiger partial charge in [0.15, 0.2) is 28.4 Å². The molecule has 0 aromatic heterocycles. The van der Waals surface area contributed by atoms with Crippen LogP contribution in [0.5, 0.6) is 23.0 Å². The van der Waals surface area contributed by atoms with Crippen molar-refractivity contribution in [2.45, 2.75) is 68.1 Å². The lowest BCUT2D eigenvalue weighted by atomic mass is 10.1. The number of benzene rings is 2. The highest BCUT2D eigenvalue weighted by atomic mass is 32.2. The first-order valence-corrected chi connectivity index (χ1v) is 21.9. The molecule has 4 heterocycles. The Morgan fingerprint density at radius 1 is 0.889 bits per heavy atom. The molecular formula is C35H49F2N4O11PS. The van der Waals surface area contributed by atoms with Gasteiger partial charge in [-0.05, 0) is 37.8 Å². The summed E-state index contributed by atoms with van der Waals surface area (Å²) in [7, 11) is -4.67. The zero-order chi connectivity index (χ0) is 38.8. The van der Waals surface area contributed by atoms with Gasteiger partial charge in [-0.15, -0.1) is 0 Å². The molecule has 2 saturated heterocycles. The zero-order valence-electron chi connectivity index (χ0n) is 30.3. The molecule has 4 aliphatic rings. The third kappa shape index (κ3) is 8.68. The molecule has 0 radical (unpaired) electrons. The number of aliphatic hydroxyl groups excluding tert-OH is 2. The summed E-state index contributed by atoms with van der Waals surface area (Å²) in [6.45, 7) is 0.522. The van der Waals surface area contributed by atoms with E-state index in [2.05, 4.69) is 10.6 Å². The van der Waals surface area contributed by atoms with Crippen LogP contribution in [0.4, 0.5) is 20.2 Å². The molecular weight excluding hydrogens is 753 g/mol. The number of ether oxygens (including phenoxy) is 4. The van der Waals surface area contributed by atoms with E-state index in [1.54, 1.807) is 17.0 Å². The normalized spacial score (nSPS) is 26.2. The highest BCUT2D eigenvalue weighted by Crippen LogP contribution is 2.48. The SMILES string of the molecule is COc1cc2c(cc1OCCCP(=O)(CCCO)CCCOc1cc3c(cc1OC)C(O)N1CC(F)C[C@H]1CN3)NC(S(=O)(=O)O)[C@@H]1CC(F)CN1C2=O. The lowest BCUT2D eigenvalue weighted by Crippen LogP contribution is -2.47. The molecule has 15 nitrogen and oxygen atoms in total. The molecule has 300 valence electrons. The minimum atomic E-state index is -4.74. The minimum Gasteiger partial charge on any atom is -0.493 e. The number of aliphatic hydroxyl groups is 2. The lowest BCUT2D eigenvalue weighted by Gasteiger charge is -2.26. The predicted molar refractivity (Wildman–Crippen MR) is 197 cm³/mol. The topological polar surface area (TPSA) is 196 Å². The molecule has 0 aliphatic carbocycles. The fourth-order valence-corrected chi connectivity index (χ4v) is 11.6. The van der Waals surface area contributed by atoms with Gasteiger partial charge in [-0.3, -0.25) is 14.2 Å². The fraction of sp³-hybridized carbons (Fsp3) is 0.629. The number of halogens is 2. The second kappa shape index (κ2) is 16.8. The smallest absolute Gasteiger partial charge is 0.288 e. The molecule has 5 unspecified atom stereocenters. The molecule has 0 spiro atoms. The lowest BCUT2D eigenvalue weighted by molar-refractivity contribution is -0.00383. The van der Waals surface area contributed by atoms with Crippen molar-refractivity contribution in [3.63, 3.8) is 0 Å². The molecule has 5 N–H and O–H groups in total. The summed E-state index contributed by atoms with van der Waals surface area (Å²) in [5.74, 6) is 0.592. The number of nitrogens with one attached hydrogen (secondary N) is 2. The molecule has 1 amide bonds. The van der Waals surface area contributed by atoms with Crippen LogP contribution in [-0.4, -0.2) is 141 Å². The summed E-state index contributed by atoms with van der Waals surface area (Å²) in [5.41, 5.74) is 1.34. The number of nitrogens with zero attached hydrogens (tertiary/aromatic N) is 2. The van der Waals surface area contributed by atoms with Gasteiger partial charge in [0.05, 0.1) is 58.4 Å². The molecule has 19 heteroatoms. The number of fused-ring (bicyclic) bond motifs is 4. The molecule has 6 rings (SSSR count). The third-order valence-corrected chi connectivity index (χ3v) is 15.0. The Morgan fingerprint density at radius 3 is 2.13 bits per heavy atom. The van der Waals surface area contributed by atoms with E-state index in [9.17, 15) is 41.3 Å². The van der Waals surface area contributed by atoms with Crippen molar-refractivity contribution in [2.24, 2.45) is 0 Å². The van der Waals surface area contributed by atoms with E-state index in [-0.39, 0.29) is 68.1 Å². The fourth-order valence-electron chi connectivity index (χ4n) is 7.91. The zero-order valence-corrected chi connectivity index (χ0v) is 32.0. The van der Waals surface area contributed by atoms with Crippen molar-refractivity contribution in [1.29, 1.82) is 0 Å². The van der Waals surface area contributed by atoms with Gasteiger partial charge in [-0.25, -0.2) is 8.78 Å². The average molecular weight is 803 g/mol. The second-order valence-electron chi connectivity index (χ2n) is 14.2. The quantitative estimate of drug-likeness (QED) is 0.0936.